The topological polar surface area (TPSA) is 15.3 Å². The maximum absolute atomic E-state index is 3.32. The van der Waals surface area contributed by atoms with Gasteiger partial charge >= 0.3 is 0 Å². The quantitative estimate of drug-likeness (QED) is 0.711. The van der Waals surface area contributed by atoms with Gasteiger partial charge in [0.15, 0.2) is 0 Å². The van der Waals surface area contributed by atoms with Gasteiger partial charge in [0.1, 0.15) is 0 Å². The lowest BCUT2D eigenvalue weighted by atomic mass is 10.0. The minimum Gasteiger partial charge on any atom is -0.371 e. The number of hydrogen-bond acceptors (Lipinski definition) is 2. The molecule has 1 N–H and O–H groups in total. The molecule has 0 spiro atoms. The Bertz CT molecular complexity index is 414. The predicted molar refractivity (Wildman–Crippen MR) is 88.6 cm³/mol. The van der Waals surface area contributed by atoms with Crippen molar-refractivity contribution in [2.45, 2.75) is 58.4 Å². The lowest BCUT2D eigenvalue weighted by Crippen LogP contribution is -2.21. The lowest BCUT2D eigenvalue weighted by Gasteiger charge is -2.20. The highest BCUT2D eigenvalue weighted by atomic mass is 15.1. The van der Waals surface area contributed by atoms with Gasteiger partial charge in [-0.1, -0.05) is 44.7 Å². The molecule has 20 heavy (non-hydrogen) atoms. The van der Waals surface area contributed by atoms with Gasteiger partial charge in [0, 0.05) is 24.8 Å². The van der Waals surface area contributed by atoms with Crippen LogP contribution >= 0.6 is 0 Å². The largest absolute Gasteiger partial charge is 0.371 e. The lowest BCUT2D eigenvalue weighted by molar-refractivity contribution is 0.623. The molecule has 2 nitrogen and oxygen atoms in total. The number of benzene rings is 1. The summed E-state index contributed by atoms with van der Waals surface area (Å²) in [5.74, 6) is 0. The van der Waals surface area contributed by atoms with Crippen molar-refractivity contribution in [2.75, 3.05) is 25.0 Å². The second kappa shape index (κ2) is 7.68. The zero-order valence-electron chi connectivity index (χ0n) is 13.4. The first-order valence-electron chi connectivity index (χ1n) is 8.31. The first-order chi connectivity index (χ1) is 9.76. The van der Waals surface area contributed by atoms with E-state index >= 15 is 0 Å². The van der Waals surface area contributed by atoms with Crippen LogP contribution in [-0.4, -0.2) is 20.1 Å². The fraction of sp³-hybridized carbons (Fsp3) is 0.667. The fourth-order valence-corrected chi connectivity index (χ4v) is 3.06. The highest BCUT2D eigenvalue weighted by Gasteiger charge is 2.19. The molecule has 0 radical (unpaired) electrons. The average Bonchev–Trinajstić information content (AvgIpc) is 2.88. The van der Waals surface area contributed by atoms with Crippen LogP contribution in [0.15, 0.2) is 18.2 Å². The van der Waals surface area contributed by atoms with E-state index in [0.29, 0.717) is 6.04 Å². The standard InChI is InChI=1S/C18H30N2/c1-4-5-6-7-8-12-20-13-11-17-14-16(15(2)19-3)9-10-18(17)20/h9-10,14-15,19H,4-8,11-13H2,1-3H3. The summed E-state index contributed by atoms with van der Waals surface area (Å²) in [7, 11) is 2.03. The van der Waals surface area contributed by atoms with Gasteiger partial charge in [-0.3, -0.25) is 0 Å². The Kier molecular flexibility index (Phi) is 5.90. The third-order valence-corrected chi connectivity index (χ3v) is 4.56. The van der Waals surface area contributed by atoms with Gasteiger partial charge in [-0.2, -0.15) is 0 Å². The van der Waals surface area contributed by atoms with Crippen LogP contribution in [0, 0.1) is 0 Å². The maximum Gasteiger partial charge on any atom is 0.0399 e. The smallest absolute Gasteiger partial charge is 0.0399 e. The molecule has 1 aromatic rings. The van der Waals surface area contributed by atoms with E-state index in [-0.39, 0.29) is 0 Å². The number of unbranched alkanes of at least 4 members (excludes halogenated alkanes) is 4. The second-order valence-corrected chi connectivity index (χ2v) is 6.05. The van der Waals surface area contributed by atoms with Gasteiger partial charge < -0.3 is 10.2 Å². The number of fused-ring (bicyclic) bond motifs is 1. The Balaban J connectivity index is 1.89. The van der Waals surface area contributed by atoms with Gasteiger partial charge in [0.2, 0.25) is 0 Å². The van der Waals surface area contributed by atoms with E-state index < -0.39 is 0 Å². The van der Waals surface area contributed by atoms with Crippen molar-refractivity contribution in [3.8, 4) is 0 Å². The van der Waals surface area contributed by atoms with Gasteiger partial charge in [-0.25, -0.2) is 0 Å². The third-order valence-electron chi connectivity index (χ3n) is 4.56. The number of nitrogens with zero attached hydrogens (tertiary/aromatic N) is 1. The van der Waals surface area contributed by atoms with Gasteiger partial charge in [0.05, 0.1) is 0 Å². The van der Waals surface area contributed by atoms with E-state index in [9.17, 15) is 0 Å². The molecular formula is C18H30N2. The Morgan fingerprint density at radius 2 is 2.00 bits per heavy atom. The fourth-order valence-electron chi connectivity index (χ4n) is 3.06. The number of hydrogen-bond donors (Lipinski definition) is 1. The van der Waals surface area contributed by atoms with Crippen molar-refractivity contribution in [3.05, 3.63) is 29.3 Å². The Hall–Kier alpha value is -1.02. The van der Waals surface area contributed by atoms with E-state index in [0.717, 1.165) is 0 Å². The second-order valence-electron chi connectivity index (χ2n) is 6.05. The first kappa shape index (κ1) is 15.4. The van der Waals surface area contributed by atoms with Crippen LogP contribution in [0.1, 0.15) is 63.1 Å². The van der Waals surface area contributed by atoms with Crippen molar-refractivity contribution < 1.29 is 0 Å². The summed E-state index contributed by atoms with van der Waals surface area (Å²) in [5.41, 5.74) is 4.43. The van der Waals surface area contributed by atoms with Crippen LogP contribution in [-0.2, 0) is 6.42 Å². The summed E-state index contributed by atoms with van der Waals surface area (Å²) in [5, 5.41) is 3.32. The minimum atomic E-state index is 0.448. The molecule has 0 amide bonds. The van der Waals surface area contributed by atoms with Crippen LogP contribution in [0.4, 0.5) is 5.69 Å². The van der Waals surface area contributed by atoms with Gasteiger partial charge in [-0.15, -0.1) is 0 Å². The minimum absolute atomic E-state index is 0.448. The Labute approximate surface area is 124 Å². The average molecular weight is 274 g/mol. The molecule has 1 aromatic carbocycles. The van der Waals surface area contributed by atoms with Crippen LogP contribution in [0.25, 0.3) is 0 Å². The number of nitrogens with one attached hydrogen (secondary N) is 1. The molecule has 1 aliphatic rings. The summed E-state index contributed by atoms with van der Waals surface area (Å²) in [6.45, 7) is 6.95. The van der Waals surface area contributed by atoms with Crippen molar-refractivity contribution in [1.82, 2.24) is 5.32 Å². The molecule has 0 saturated heterocycles. The monoisotopic (exact) mass is 274 g/mol. The highest BCUT2D eigenvalue weighted by Crippen LogP contribution is 2.30. The summed E-state index contributed by atoms with van der Waals surface area (Å²) in [4.78, 5) is 2.58. The van der Waals surface area contributed by atoms with E-state index in [1.54, 1.807) is 0 Å². The zero-order valence-corrected chi connectivity index (χ0v) is 13.4. The molecule has 2 rings (SSSR count). The summed E-state index contributed by atoms with van der Waals surface area (Å²) in [6.07, 6.45) is 8.06. The van der Waals surface area contributed by atoms with Crippen molar-refractivity contribution in [1.29, 1.82) is 0 Å². The van der Waals surface area contributed by atoms with Crippen LogP contribution in [0.3, 0.4) is 0 Å². The molecule has 0 bridgehead atoms. The molecule has 1 heterocycles. The molecular weight excluding hydrogens is 244 g/mol. The zero-order chi connectivity index (χ0) is 14.4. The van der Waals surface area contributed by atoms with Crippen molar-refractivity contribution in [3.63, 3.8) is 0 Å². The predicted octanol–water partition coefficient (Wildman–Crippen LogP) is 4.30. The molecule has 2 heteroatoms. The normalized spacial score (nSPS) is 15.4. The van der Waals surface area contributed by atoms with Crippen molar-refractivity contribution in [2.24, 2.45) is 0 Å². The summed E-state index contributed by atoms with van der Waals surface area (Å²) in [6, 6.07) is 7.46. The van der Waals surface area contributed by atoms with E-state index in [1.165, 1.54) is 68.4 Å². The molecule has 0 saturated carbocycles. The van der Waals surface area contributed by atoms with Crippen molar-refractivity contribution >= 4 is 5.69 Å². The first-order valence-corrected chi connectivity index (χ1v) is 8.31. The molecule has 1 atom stereocenters. The molecule has 112 valence electrons. The van der Waals surface area contributed by atoms with Crippen LogP contribution in [0.2, 0.25) is 0 Å². The molecule has 0 fully saturated rings. The molecule has 1 aliphatic heterocycles. The number of anilines is 1. The molecule has 0 aromatic heterocycles. The number of rotatable bonds is 8. The van der Waals surface area contributed by atoms with E-state index in [4.69, 9.17) is 0 Å². The SMILES string of the molecule is CCCCCCCN1CCc2cc(C(C)NC)ccc21. The summed E-state index contributed by atoms with van der Waals surface area (Å²) < 4.78 is 0. The molecule has 0 aliphatic carbocycles. The van der Waals surface area contributed by atoms with E-state index in [2.05, 4.69) is 42.3 Å². The summed E-state index contributed by atoms with van der Waals surface area (Å²) >= 11 is 0. The highest BCUT2D eigenvalue weighted by molar-refractivity contribution is 5.59. The Morgan fingerprint density at radius 1 is 1.20 bits per heavy atom. The molecule has 1 unspecified atom stereocenters. The van der Waals surface area contributed by atoms with Gasteiger partial charge in [0.25, 0.3) is 0 Å². The van der Waals surface area contributed by atoms with E-state index in [1.807, 2.05) is 7.05 Å². The van der Waals surface area contributed by atoms with Crippen LogP contribution < -0.4 is 10.2 Å². The third kappa shape index (κ3) is 3.76. The maximum atomic E-state index is 3.32. The van der Waals surface area contributed by atoms with Crippen LogP contribution in [0.5, 0.6) is 0 Å². The van der Waals surface area contributed by atoms with Gasteiger partial charge in [-0.05, 0) is 44.0 Å². The Morgan fingerprint density at radius 3 is 2.75 bits per heavy atom.